The number of nitrogens with one attached hydrogen (secondary N) is 1. The Labute approximate surface area is 119 Å². The van der Waals surface area contributed by atoms with Crippen molar-refractivity contribution < 1.29 is 9.90 Å². The summed E-state index contributed by atoms with van der Waals surface area (Å²) in [6, 6.07) is 3.14. The molecule has 0 aliphatic rings. The van der Waals surface area contributed by atoms with E-state index in [0.29, 0.717) is 6.42 Å². The molecule has 3 nitrogen and oxygen atoms in total. The van der Waals surface area contributed by atoms with Crippen LogP contribution in [0.1, 0.15) is 13.3 Å². The molecule has 2 N–H and O–H groups in total. The Morgan fingerprint density at radius 3 is 2.25 bits per heavy atom. The van der Waals surface area contributed by atoms with Crippen LogP contribution in [0.15, 0.2) is 25.6 Å². The van der Waals surface area contributed by atoms with Gasteiger partial charge in [0.1, 0.15) is 6.04 Å². The van der Waals surface area contributed by atoms with Crippen molar-refractivity contribution in [3.05, 3.63) is 25.6 Å². The van der Waals surface area contributed by atoms with Gasteiger partial charge in [0.25, 0.3) is 0 Å². The van der Waals surface area contributed by atoms with Gasteiger partial charge in [-0.15, -0.1) is 0 Å². The molecule has 88 valence electrons. The van der Waals surface area contributed by atoms with Gasteiger partial charge in [0.2, 0.25) is 0 Å². The van der Waals surface area contributed by atoms with Gasteiger partial charge in [0.05, 0.1) is 5.69 Å². The number of hydrogen-bond acceptors (Lipinski definition) is 2. The predicted molar refractivity (Wildman–Crippen MR) is 74.9 cm³/mol. The normalized spacial score (nSPS) is 12.2. The van der Waals surface area contributed by atoms with Crippen molar-refractivity contribution in [2.24, 2.45) is 0 Å². The first-order valence-electron chi connectivity index (χ1n) is 4.59. The molecule has 0 aliphatic carbocycles. The minimum absolute atomic E-state index is 0.518. The molecule has 1 atom stereocenters. The van der Waals surface area contributed by atoms with Crippen LogP contribution in [-0.4, -0.2) is 17.1 Å². The van der Waals surface area contributed by atoms with Crippen molar-refractivity contribution in [1.82, 2.24) is 0 Å². The number of carbonyl (C=O) groups is 1. The van der Waals surface area contributed by atoms with Gasteiger partial charge >= 0.3 is 5.97 Å². The number of halogens is 3. The van der Waals surface area contributed by atoms with Crippen LogP contribution in [-0.2, 0) is 4.79 Å². The Hall–Kier alpha value is -0.0700. The van der Waals surface area contributed by atoms with Crippen LogP contribution in [0.2, 0.25) is 0 Å². The highest BCUT2D eigenvalue weighted by molar-refractivity contribution is 9.11. The highest BCUT2D eigenvalue weighted by atomic mass is 79.9. The lowest BCUT2D eigenvalue weighted by Gasteiger charge is -2.16. The molecule has 0 saturated carbocycles. The number of carboxylic acids is 1. The molecule has 16 heavy (non-hydrogen) atoms. The predicted octanol–water partition coefficient (Wildman–Crippen LogP) is 4.25. The summed E-state index contributed by atoms with van der Waals surface area (Å²) in [7, 11) is 0. The number of carboxylic acid groups (broad SMARTS) is 1. The molecule has 0 fully saturated rings. The molecule has 1 rings (SSSR count). The summed E-state index contributed by atoms with van der Waals surface area (Å²) in [5, 5.41) is 11.9. The molecule has 0 heterocycles. The van der Waals surface area contributed by atoms with E-state index in [-0.39, 0.29) is 0 Å². The third-order valence-electron chi connectivity index (χ3n) is 2.03. The fourth-order valence-electron chi connectivity index (χ4n) is 1.19. The summed E-state index contributed by atoms with van der Waals surface area (Å²) in [6.45, 7) is 1.83. The average molecular weight is 416 g/mol. The van der Waals surface area contributed by atoms with E-state index in [9.17, 15) is 4.79 Å². The molecule has 1 unspecified atom stereocenters. The lowest BCUT2D eigenvalue weighted by molar-refractivity contribution is -0.137. The maximum absolute atomic E-state index is 10.9. The third kappa shape index (κ3) is 3.46. The van der Waals surface area contributed by atoms with E-state index < -0.39 is 12.0 Å². The van der Waals surface area contributed by atoms with Crippen LogP contribution in [0.4, 0.5) is 5.69 Å². The lowest BCUT2D eigenvalue weighted by Crippen LogP contribution is -2.28. The molecule has 0 saturated heterocycles. The standard InChI is InChI=1S/C10H10Br3NO2/c1-2-8(10(15)16)14-9-6(12)3-5(11)4-7(9)13/h3-4,8,14H,2H2,1H3,(H,15,16). The summed E-state index contributed by atoms with van der Waals surface area (Å²) in [6.07, 6.45) is 0.518. The fraction of sp³-hybridized carbons (Fsp3) is 0.300. The Bertz CT molecular complexity index is 386. The van der Waals surface area contributed by atoms with Crippen molar-refractivity contribution in [2.45, 2.75) is 19.4 Å². The minimum atomic E-state index is -0.857. The van der Waals surface area contributed by atoms with Crippen molar-refractivity contribution >= 4 is 59.4 Å². The zero-order valence-corrected chi connectivity index (χ0v) is 13.2. The van der Waals surface area contributed by atoms with Gasteiger partial charge in [-0.25, -0.2) is 4.79 Å². The Morgan fingerprint density at radius 2 is 1.88 bits per heavy atom. The molecule has 0 bridgehead atoms. The van der Waals surface area contributed by atoms with E-state index in [2.05, 4.69) is 53.1 Å². The van der Waals surface area contributed by atoms with Gasteiger partial charge in [0.15, 0.2) is 0 Å². The number of benzene rings is 1. The summed E-state index contributed by atoms with van der Waals surface area (Å²) in [5.74, 6) is -0.857. The molecule has 1 aromatic carbocycles. The van der Waals surface area contributed by atoms with Gasteiger partial charge in [-0.05, 0) is 50.4 Å². The summed E-state index contributed by atoms with van der Waals surface area (Å²) < 4.78 is 2.54. The quantitative estimate of drug-likeness (QED) is 0.773. The van der Waals surface area contributed by atoms with Crippen LogP contribution in [0.25, 0.3) is 0 Å². The zero-order valence-electron chi connectivity index (χ0n) is 8.43. The summed E-state index contributed by atoms with van der Waals surface area (Å²) in [4.78, 5) is 10.9. The Kier molecular flexibility index (Phi) is 5.27. The summed E-state index contributed by atoms with van der Waals surface area (Å²) >= 11 is 10.1. The first-order valence-corrected chi connectivity index (χ1v) is 6.97. The highest BCUT2D eigenvalue weighted by Crippen LogP contribution is 2.34. The second kappa shape index (κ2) is 6.02. The molecule has 1 aromatic rings. The van der Waals surface area contributed by atoms with Gasteiger partial charge in [-0.3, -0.25) is 0 Å². The van der Waals surface area contributed by atoms with Crippen LogP contribution in [0.5, 0.6) is 0 Å². The SMILES string of the molecule is CCC(Nc1c(Br)cc(Br)cc1Br)C(=O)O. The molecule has 0 amide bonds. The average Bonchev–Trinajstić information content (AvgIpc) is 2.15. The van der Waals surface area contributed by atoms with Crippen LogP contribution in [0, 0.1) is 0 Å². The van der Waals surface area contributed by atoms with E-state index in [0.717, 1.165) is 19.1 Å². The Balaban J connectivity index is 3.01. The Morgan fingerprint density at radius 1 is 1.38 bits per heavy atom. The number of rotatable bonds is 4. The van der Waals surface area contributed by atoms with Crippen LogP contribution < -0.4 is 5.32 Å². The van der Waals surface area contributed by atoms with E-state index in [4.69, 9.17) is 5.11 Å². The van der Waals surface area contributed by atoms with Crippen molar-refractivity contribution in [3.63, 3.8) is 0 Å². The van der Waals surface area contributed by atoms with E-state index in [1.165, 1.54) is 0 Å². The molecule has 0 radical (unpaired) electrons. The summed E-state index contributed by atoms with van der Waals surface area (Å²) in [5.41, 5.74) is 0.748. The van der Waals surface area contributed by atoms with Crippen molar-refractivity contribution in [2.75, 3.05) is 5.32 Å². The molecule has 6 heteroatoms. The van der Waals surface area contributed by atoms with Crippen LogP contribution >= 0.6 is 47.8 Å². The number of hydrogen-bond donors (Lipinski definition) is 2. The van der Waals surface area contributed by atoms with Crippen molar-refractivity contribution in [1.29, 1.82) is 0 Å². The smallest absolute Gasteiger partial charge is 0.326 e. The molecule has 0 spiro atoms. The molecule has 0 aliphatic heterocycles. The molecular weight excluding hydrogens is 406 g/mol. The first kappa shape index (κ1) is 14.0. The lowest BCUT2D eigenvalue weighted by atomic mass is 10.2. The van der Waals surface area contributed by atoms with Crippen molar-refractivity contribution in [3.8, 4) is 0 Å². The van der Waals surface area contributed by atoms with Gasteiger partial charge < -0.3 is 10.4 Å². The zero-order chi connectivity index (χ0) is 12.3. The number of anilines is 1. The van der Waals surface area contributed by atoms with E-state index >= 15 is 0 Å². The topological polar surface area (TPSA) is 49.3 Å². The van der Waals surface area contributed by atoms with Gasteiger partial charge in [-0.1, -0.05) is 22.9 Å². The minimum Gasteiger partial charge on any atom is -0.480 e. The van der Waals surface area contributed by atoms with E-state index in [1.807, 2.05) is 19.1 Å². The third-order valence-corrected chi connectivity index (χ3v) is 3.74. The fourth-order valence-corrected chi connectivity index (χ4v) is 3.68. The maximum atomic E-state index is 10.9. The van der Waals surface area contributed by atoms with Gasteiger partial charge in [0, 0.05) is 13.4 Å². The molecular formula is C10H10Br3NO2. The monoisotopic (exact) mass is 413 g/mol. The second-order valence-corrected chi connectivity index (χ2v) is 5.81. The maximum Gasteiger partial charge on any atom is 0.326 e. The van der Waals surface area contributed by atoms with E-state index in [1.54, 1.807) is 0 Å². The number of aliphatic carboxylic acids is 1. The van der Waals surface area contributed by atoms with Gasteiger partial charge in [-0.2, -0.15) is 0 Å². The van der Waals surface area contributed by atoms with Crippen LogP contribution in [0.3, 0.4) is 0 Å². The molecule has 0 aromatic heterocycles. The highest BCUT2D eigenvalue weighted by Gasteiger charge is 2.17. The first-order chi connectivity index (χ1) is 7.45. The largest absolute Gasteiger partial charge is 0.480 e. The second-order valence-electron chi connectivity index (χ2n) is 3.19.